The Morgan fingerprint density at radius 2 is 1.20 bits per heavy atom. The van der Waals surface area contributed by atoms with E-state index in [1.165, 1.54) is 70.7 Å². The lowest BCUT2D eigenvalue weighted by molar-refractivity contribution is -0.257. The first-order valence-corrected chi connectivity index (χ1v) is 36.4. The number of ether oxygens (including phenoxy) is 4. The van der Waals surface area contributed by atoms with Crippen LogP contribution in [0.15, 0.2) is 131 Å². The lowest BCUT2D eigenvalue weighted by atomic mass is 9.65. The van der Waals surface area contributed by atoms with E-state index in [9.17, 15) is 64.0 Å². The number of oxazole rings is 1. The fourth-order valence-electron chi connectivity index (χ4n) is 13.2. The molecule has 4 aliphatic rings. The van der Waals surface area contributed by atoms with E-state index in [1.807, 2.05) is 61.5 Å². The molecule has 4 fully saturated rings. The predicted molar refractivity (Wildman–Crippen MR) is 370 cm³/mol. The van der Waals surface area contributed by atoms with E-state index in [4.69, 9.17) is 13.9 Å². The average Bonchev–Trinajstić information content (AvgIpc) is 1.53. The minimum atomic E-state index is -5.86. The van der Waals surface area contributed by atoms with Gasteiger partial charge in [-0.25, -0.2) is 18.0 Å². The fraction of sp³-hybridized carbons (Fsp3) is 0.539. The Hall–Kier alpha value is -7.01. The van der Waals surface area contributed by atoms with Crippen LogP contribution in [0.25, 0.3) is 36.2 Å². The SMILES string of the molecule is CCC(C)(C)C(=O)OC(C)C(F)(F)S(=O)(=O)[O-].CCC(C)(C)C(=O)OC1(CC)CC2CC1C1C3CCC(C3)C21.CCC(C)(C)C(=O)Oc1ccc2[nH]c(=O)oc2c1.CCC(C)(C)c1cccc(COC(=O)C(C)(O)C(F)(F)F)c1.c1ccc(-[s+]2c3ccccc3c3ccccc32)cc1. The number of carbonyl (C=O) groups is 4. The molecule has 2 N–H and O–H groups in total. The molecule has 22 heteroatoms. The van der Waals surface area contributed by atoms with Crippen LogP contribution in [0.5, 0.6) is 5.75 Å². The summed E-state index contributed by atoms with van der Waals surface area (Å²) >= 11 is 0. The van der Waals surface area contributed by atoms with E-state index in [2.05, 4.69) is 107 Å². The van der Waals surface area contributed by atoms with Gasteiger partial charge in [0.15, 0.2) is 36.1 Å². The molecule has 4 bridgehead atoms. The molecule has 9 unspecified atom stereocenters. The third-order valence-electron chi connectivity index (χ3n) is 21.2. The molecule has 0 aliphatic heterocycles. The van der Waals surface area contributed by atoms with Crippen LogP contribution in [0, 0.1) is 51.8 Å². The van der Waals surface area contributed by atoms with Crippen LogP contribution < -0.4 is 10.5 Å². The zero-order valence-corrected chi connectivity index (χ0v) is 60.5. The fourth-order valence-corrected chi connectivity index (χ4v) is 16.1. The Bertz CT molecular complexity index is 4060. The Labute approximate surface area is 574 Å². The predicted octanol–water partition coefficient (Wildman–Crippen LogP) is 18.2. The van der Waals surface area contributed by atoms with Gasteiger partial charge in [-0.2, -0.15) is 22.0 Å². The number of H-pyrrole nitrogens is 1. The highest BCUT2D eigenvalue weighted by Gasteiger charge is 2.68. The minimum Gasteiger partial charge on any atom is -0.743 e. The van der Waals surface area contributed by atoms with Gasteiger partial charge >= 0.3 is 41.1 Å². The Balaban J connectivity index is 0.000000173. The molecule has 4 aliphatic carbocycles. The number of rotatable bonds is 18. The van der Waals surface area contributed by atoms with E-state index >= 15 is 0 Å². The molecular formula is C76H96F5NO14S2. The number of hydrogen-bond acceptors (Lipinski definition) is 14. The van der Waals surface area contributed by atoms with Gasteiger partial charge in [-0.3, -0.25) is 19.4 Å². The van der Waals surface area contributed by atoms with Crippen LogP contribution in [0.1, 0.15) is 179 Å². The second-order valence-electron chi connectivity index (χ2n) is 29.1. The van der Waals surface area contributed by atoms with Gasteiger partial charge in [-0.15, -0.1) is 0 Å². The van der Waals surface area contributed by atoms with Crippen molar-refractivity contribution in [1.82, 2.24) is 4.98 Å². The number of halogens is 5. The highest BCUT2D eigenvalue weighted by molar-refractivity contribution is 7.86. The molecule has 11 rings (SSSR count). The van der Waals surface area contributed by atoms with Crippen molar-refractivity contribution in [2.45, 2.75) is 209 Å². The summed E-state index contributed by atoms with van der Waals surface area (Å²) in [6.45, 7) is 25.4. The van der Waals surface area contributed by atoms with Crippen LogP contribution in [-0.4, -0.2) is 75.7 Å². The zero-order chi connectivity index (χ0) is 72.9. The number of aromatic nitrogens is 1. The van der Waals surface area contributed by atoms with E-state index in [0.29, 0.717) is 55.0 Å². The third-order valence-corrected chi connectivity index (χ3v) is 24.5. The summed E-state index contributed by atoms with van der Waals surface area (Å²) in [6, 6.07) is 40.3. The summed E-state index contributed by atoms with van der Waals surface area (Å²) in [7, 11) is -5.80. The first-order chi connectivity index (χ1) is 45.6. The highest BCUT2D eigenvalue weighted by Crippen LogP contribution is 2.71. The number of nitrogens with one attached hydrogen (secondary N) is 1. The minimum absolute atomic E-state index is 0.0455. The Kier molecular flexibility index (Phi) is 24.3. The molecular weight excluding hydrogens is 1310 g/mol. The molecule has 536 valence electrons. The van der Waals surface area contributed by atoms with E-state index < -0.39 is 61.8 Å². The van der Waals surface area contributed by atoms with Crippen molar-refractivity contribution in [2.24, 2.45) is 51.8 Å². The first-order valence-electron chi connectivity index (χ1n) is 33.7. The molecule has 98 heavy (non-hydrogen) atoms. The van der Waals surface area contributed by atoms with Crippen LogP contribution in [0.3, 0.4) is 0 Å². The van der Waals surface area contributed by atoms with Crippen molar-refractivity contribution < 1.29 is 82.6 Å². The molecule has 7 aromatic rings. The number of esters is 4. The lowest BCUT2D eigenvalue weighted by Gasteiger charge is -2.46. The molecule has 15 nitrogen and oxygen atoms in total. The average molecular weight is 1410 g/mol. The van der Waals surface area contributed by atoms with Gasteiger partial charge in [0.25, 0.3) is 5.60 Å². The number of thiophene rings is 1. The van der Waals surface area contributed by atoms with Crippen LogP contribution in [-0.2, 0) is 55.5 Å². The highest BCUT2D eigenvalue weighted by atomic mass is 32.2. The van der Waals surface area contributed by atoms with Gasteiger partial charge in [0.1, 0.15) is 18.0 Å². The number of carbonyl (C=O) groups excluding carboxylic acids is 4. The van der Waals surface area contributed by atoms with Crippen molar-refractivity contribution in [3.63, 3.8) is 0 Å². The summed E-state index contributed by atoms with van der Waals surface area (Å²) in [4.78, 5) is 62.4. The third kappa shape index (κ3) is 17.1. The largest absolute Gasteiger partial charge is 0.743 e. The molecule has 5 aromatic carbocycles. The second-order valence-corrected chi connectivity index (χ2v) is 32.6. The van der Waals surface area contributed by atoms with Crippen molar-refractivity contribution >= 4 is 75.7 Å². The van der Waals surface area contributed by atoms with E-state index in [-0.39, 0.29) is 45.4 Å². The number of hydrogen-bond donors (Lipinski definition) is 2. The Morgan fingerprint density at radius 1 is 0.663 bits per heavy atom. The maximum absolute atomic E-state index is 13.0. The van der Waals surface area contributed by atoms with Crippen LogP contribution >= 0.6 is 10.5 Å². The molecule has 0 amide bonds. The molecule has 9 atom stereocenters. The molecule has 0 saturated heterocycles. The molecule has 2 heterocycles. The number of alkyl halides is 5. The van der Waals surface area contributed by atoms with Crippen molar-refractivity contribution in [1.29, 1.82) is 0 Å². The topological polar surface area (TPSA) is 229 Å². The number of aromatic amines is 1. The van der Waals surface area contributed by atoms with Gasteiger partial charge in [0.2, 0.25) is 0 Å². The van der Waals surface area contributed by atoms with Crippen molar-refractivity contribution in [2.75, 3.05) is 0 Å². The summed E-state index contributed by atoms with van der Waals surface area (Å²) in [5.74, 6) is 2.26. The molecule has 0 spiro atoms. The monoisotopic (exact) mass is 1410 g/mol. The Morgan fingerprint density at radius 3 is 1.74 bits per heavy atom. The van der Waals surface area contributed by atoms with Gasteiger partial charge in [-0.05, 0) is 214 Å². The maximum Gasteiger partial charge on any atom is 0.427 e. The zero-order valence-electron chi connectivity index (χ0n) is 58.8. The van der Waals surface area contributed by atoms with Crippen molar-refractivity contribution in [3.8, 4) is 10.6 Å². The first kappa shape index (κ1) is 78.3. The van der Waals surface area contributed by atoms with E-state index in [1.54, 1.807) is 37.3 Å². The summed E-state index contributed by atoms with van der Waals surface area (Å²) in [5, 5.41) is 7.37. The number of fused-ring (bicyclic) bond motifs is 13. The van der Waals surface area contributed by atoms with Gasteiger partial charge < -0.3 is 33.0 Å². The van der Waals surface area contributed by atoms with E-state index in [0.717, 1.165) is 60.8 Å². The maximum atomic E-state index is 13.0. The summed E-state index contributed by atoms with van der Waals surface area (Å²) < 4.78 is 123. The number of benzene rings is 5. The van der Waals surface area contributed by atoms with Gasteiger partial charge in [0.05, 0.1) is 21.8 Å². The van der Waals surface area contributed by atoms with Crippen LogP contribution in [0.4, 0.5) is 22.0 Å². The molecule has 2 aromatic heterocycles. The summed E-state index contributed by atoms with van der Waals surface area (Å²) in [5.41, 5.74) is -3.07. The molecule has 0 radical (unpaired) electrons. The quantitative estimate of drug-likeness (QED) is 0.0155. The standard InChI is InChI=1S/C20H32O2.C18H13S.C16H21F3O3.C13H15NO4.C9H16F2O5S/c1-5-19(3,4)18(21)22-20(6-2)11-14-10-15(20)17-13-8-7-12(9-13)16(14)17;1-2-8-14(9-3-1)19-17-12-6-4-10-15(17)16-11-5-7-13-18(16)19;1-5-14(2,3)12-8-6-7-11(9-12)10-22-13(20)15(4,21)16(17,18)19;1-4-13(2,3)11(15)17-8-5-6-9-10(7-8)18-12(16)14-9;1-5-8(3,4)7(12)16-6(2)9(10,11)17(13,14)15/h12-17H,5-11H2,1-4H3;1-13H;6-9,21H,5,10H2,1-4H3;5-7H,4H2,1-3H3,(H,14,16);6H,5H2,1-4H3,(H,13,14,15)/q;+1;;;/p-1. The molecule has 4 saturated carbocycles. The van der Waals surface area contributed by atoms with Crippen LogP contribution in [0.2, 0.25) is 0 Å². The smallest absolute Gasteiger partial charge is 0.427 e. The summed E-state index contributed by atoms with van der Waals surface area (Å²) in [6.07, 6.45) is 3.30. The van der Waals surface area contributed by atoms with Gasteiger partial charge in [0, 0.05) is 33.2 Å². The lowest BCUT2D eigenvalue weighted by Crippen LogP contribution is -2.50. The second kappa shape index (κ2) is 30.4. The normalized spacial score (nSPS) is 21.4. The van der Waals surface area contributed by atoms with Crippen molar-refractivity contribution in [3.05, 3.63) is 143 Å². The number of aliphatic hydroxyl groups is 1. The van der Waals surface area contributed by atoms with Gasteiger partial charge in [-0.1, -0.05) is 115 Å².